The third-order valence-corrected chi connectivity index (χ3v) is 5.92. The Morgan fingerprint density at radius 3 is 2.83 bits per heavy atom. The number of rotatable bonds is 8. The van der Waals surface area contributed by atoms with E-state index in [0.717, 1.165) is 23.8 Å². The highest BCUT2D eigenvalue weighted by atomic mass is 35.5. The number of benzene rings is 1. The number of carbonyl (C=O) groups excluding carboxylic acids is 1. The summed E-state index contributed by atoms with van der Waals surface area (Å²) in [5, 5.41) is 10.0. The summed E-state index contributed by atoms with van der Waals surface area (Å²) in [6, 6.07) is 11.1. The summed E-state index contributed by atoms with van der Waals surface area (Å²) in [5.41, 5.74) is 0. The molecule has 29 heavy (non-hydrogen) atoms. The molecule has 0 aliphatic heterocycles. The Bertz CT molecular complexity index is 1010. The molecule has 1 saturated carbocycles. The SMILES string of the molecule is COC(=O)c1ccc(C(C)Sc2nnc(COc3ccccc3Cl)n2C2CC2)o1. The van der Waals surface area contributed by atoms with Crippen LogP contribution in [0.25, 0.3) is 0 Å². The van der Waals surface area contributed by atoms with Gasteiger partial charge in [-0.15, -0.1) is 10.2 Å². The van der Waals surface area contributed by atoms with Crippen LogP contribution in [0.15, 0.2) is 46.0 Å². The van der Waals surface area contributed by atoms with Crippen LogP contribution >= 0.6 is 23.4 Å². The molecule has 1 aliphatic rings. The normalized spacial score (nSPS) is 14.6. The van der Waals surface area contributed by atoms with Crippen molar-refractivity contribution >= 4 is 29.3 Å². The van der Waals surface area contributed by atoms with Crippen molar-refractivity contribution in [2.45, 2.75) is 42.8 Å². The van der Waals surface area contributed by atoms with Crippen LogP contribution in [0.3, 0.4) is 0 Å². The smallest absolute Gasteiger partial charge is 0.373 e. The van der Waals surface area contributed by atoms with Gasteiger partial charge in [-0.3, -0.25) is 4.57 Å². The van der Waals surface area contributed by atoms with Crippen molar-refractivity contribution in [2.75, 3.05) is 7.11 Å². The van der Waals surface area contributed by atoms with Gasteiger partial charge in [-0.25, -0.2) is 4.79 Å². The lowest BCUT2D eigenvalue weighted by Crippen LogP contribution is -2.07. The molecule has 1 aliphatic carbocycles. The largest absolute Gasteiger partial charge is 0.484 e. The number of esters is 1. The molecule has 9 heteroatoms. The molecule has 1 aromatic carbocycles. The molecule has 1 unspecified atom stereocenters. The molecule has 3 aromatic rings. The van der Waals surface area contributed by atoms with E-state index in [4.69, 9.17) is 25.5 Å². The Hall–Kier alpha value is -2.45. The van der Waals surface area contributed by atoms with Gasteiger partial charge in [0.25, 0.3) is 0 Å². The van der Waals surface area contributed by atoms with Gasteiger partial charge in [0.15, 0.2) is 11.0 Å². The summed E-state index contributed by atoms with van der Waals surface area (Å²) in [6.07, 6.45) is 2.18. The molecule has 0 bridgehead atoms. The van der Waals surface area contributed by atoms with E-state index in [1.165, 1.54) is 18.9 Å². The summed E-state index contributed by atoms with van der Waals surface area (Å²) < 4.78 is 18.3. The molecule has 0 N–H and O–H groups in total. The molecule has 1 atom stereocenters. The number of hydrogen-bond acceptors (Lipinski definition) is 7. The Morgan fingerprint density at radius 2 is 2.10 bits per heavy atom. The second kappa shape index (κ2) is 8.51. The first-order valence-corrected chi connectivity index (χ1v) is 10.5. The Morgan fingerprint density at radius 1 is 1.31 bits per heavy atom. The lowest BCUT2D eigenvalue weighted by molar-refractivity contribution is 0.0563. The first-order chi connectivity index (χ1) is 14.1. The van der Waals surface area contributed by atoms with Gasteiger partial charge in [0.05, 0.1) is 17.4 Å². The minimum atomic E-state index is -0.492. The van der Waals surface area contributed by atoms with Gasteiger partial charge in [0, 0.05) is 6.04 Å². The van der Waals surface area contributed by atoms with E-state index in [0.29, 0.717) is 22.6 Å². The lowest BCUT2D eigenvalue weighted by atomic mass is 10.3. The summed E-state index contributed by atoms with van der Waals surface area (Å²) in [6.45, 7) is 2.28. The molecule has 0 radical (unpaired) electrons. The van der Waals surface area contributed by atoms with E-state index in [9.17, 15) is 4.79 Å². The van der Waals surface area contributed by atoms with Crippen LogP contribution in [-0.4, -0.2) is 27.8 Å². The second-order valence-electron chi connectivity index (χ2n) is 6.67. The van der Waals surface area contributed by atoms with Crippen LogP contribution in [-0.2, 0) is 11.3 Å². The molecule has 2 heterocycles. The summed E-state index contributed by atoms with van der Waals surface area (Å²) in [5.74, 6) is 1.75. The van der Waals surface area contributed by atoms with Crippen molar-refractivity contribution in [1.29, 1.82) is 0 Å². The number of halogens is 1. The highest BCUT2D eigenvalue weighted by Gasteiger charge is 2.31. The number of carbonyl (C=O) groups is 1. The monoisotopic (exact) mass is 433 g/mol. The fraction of sp³-hybridized carbons (Fsp3) is 0.350. The van der Waals surface area contributed by atoms with Crippen LogP contribution in [0.4, 0.5) is 0 Å². The molecule has 4 rings (SSSR count). The molecule has 0 spiro atoms. The maximum Gasteiger partial charge on any atom is 0.373 e. The van der Waals surface area contributed by atoms with Crippen LogP contribution in [0, 0.1) is 0 Å². The van der Waals surface area contributed by atoms with E-state index in [2.05, 4.69) is 14.8 Å². The van der Waals surface area contributed by atoms with E-state index in [1.54, 1.807) is 18.2 Å². The molecule has 1 fully saturated rings. The summed E-state index contributed by atoms with van der Waals surface area (Å²) in [7, 11) is 1.33. The van der Waals surface area contributed by atoms with Gasteiger partial charge in [0.1, 0.15) is 18.1 Å². The number of ether oxygens (including phenoxy) is 2. The predicted octanol–water partition coefficient (Wildman–Crippen LogP) is 5.08. The fourth-order valence-corrected chi connectivity index (χ4v) is 4.09. The molecular formula is C20H20ClN3O4S. The van der Waals surface area contributed by atoms with E-state index < -0.39 is 5.97 Å². The van der Waals surface area contributed by atoms with Gasteiger partial charge in [-0.1, -0.05) is 35.5 Å². The zero-order valence-electron chi connectivity index (χ0n) is 16.0. The standard InChI is InChI=1S/C20H20ClN3O4S/c1-12(15-9-10-17(28-15)19(25)26-2)29-20-23-22-18(24(20)13-7-8-13)11-27-16-6-4-3-5-14(16)21/h3-6,9-10,12-13H,7-8,11H2,1-2H3. The van der Waals surface area contributed by atoms with Crippen LogP contribution < -0.4 is 4.74 Å². The van der Waals surface area contributed by atoms with Crippen molar-refractivity contribution in [2.24, 2.45) is 0 Å². The zero-order valence-corrected chi connectivity index (χ0v) is 17.6. The fourth-order valence-electron chi connectivity index (χ4n) is 2.89. The minimum Gasteiger partial charge on any atom is -0.484 e. The number of aromatic nitrogens is 3. The summed E-state index contributed by atoms with van der Waals surface area (Å²) in [4.78, 5) is 11.6. The molecule has 152 valence electrons. The molecule has 2 aromatic heterocycles. The van der Waals surface area contributed by atoms with Crippen molar-refractivity contribution in [3.8, 4) is 5.75 Å². The number of thioether (sulfide) groups is 1. The molecular weight excluding hydrogens is 414 g/mol. The zero-order chi connectivity index (χ0) is 20.4. The van der Waals surface area contributed by atoms with E-state index >= 15 is 0 Å². The molecule has 0 amide bonds. The second-order valence-corrected chi connectivity index (χ2v) is 8.39. The highest BCUT2D eigenvalue weighted by molar-refractivity contribution is 7.99. The van der Waals surface area contributed by atoms with E-state index in [1.807, 2.05) is 25.1 Å². The Balaban J connectivity index is 1.49. The van der Waals surface area contributed by atoms with Crippen molar-refractivity contribution < 1.29 is 18.7 Å². The Kier molecular flexibility index (Phi) is 5.82. The average molecular weight is 434 g/mol. The van der Waals surface area contributed by atoms with Crippen molar-refractivity contribution in [1.82, 2.24) is 14.8 Å². The van der Waals surface area contributed by atoms with Crippen LogP contribution in [0.1, 0.15) is 53.2 Å². The maximum absolute atomic E-state index is 11.6. The number of nitrogens with zero attached hydrogens (tertiary/aromatic N) is 3. The predicted molar refractivity (Wildman–Crippen MR) is 108 cm³/mol. The van der Waals surface area contributed by atoms with Crippen molar-refractivity contribution in [3.63, 3.8) is 0 Å². The first-order valence-electron chi connectivity index (χ1n) is 9.22. The summed E-state index contributed by atoms with van der Waals surface area (Å²) >= 11 is 7.70. The molecule has 7 nitrogen and oxygen atoms in total. The highest BCUT2D eigenvalue weighted by Crippen LogP contribution is 2.42. The van der Waals surface area contributed by atoms with Gasteiger partial charge >= 0.3 is 5.97 Å². The molecule has 0 saturated heterocycles. The number of furan rings is 1. The first kappa shape index (κ1) is 19.8. The van der Waals surface area contributed by atoms with E-state index in [-0.39, 0.29) is 17.6 Å². The van der Waals surface area contributed by atoms with Gasteiger partial charge in [-0.2, -0.15) is 0 Å². The van der Waals surface area contributed by atoms with Gasteiger partial charge < -0.3 is 13.9 Å². The third-order valence-electron chi connectivity index (χ3n) is 4.54. The van der Waals surface area contributed by atoms with Gasteiger partial charge in [0.2, 0.25) is 5.76 Å². The van der Waals surface area contributed by atoms with Crippen LogP contribution in [0.2, 0.25) is 5.02 Å². The average Bonchev–Trinajstić information content (AvgIpc) is 3.29. The van der Waals surface area contributed by atoms with Crippen molar-refractivity contribution in [3.05, 3.63) is 58.8 Å². The number of hydrogen-bond donors (Lipinski definition) is 0. The third kappa shape index (κ3) is 4.43. The van der Waals surface area contributed by atoms with Crippen LogP contribution in [0.5, 0.6) is 5.75 Å². The topological polar surface area (TPSA) is 79.4 Å². The Labute approximate surface area is 177 Å². The number of methoxy groups -OCH3 is 1. The maximum atomic E-state index is 11.6. The van der Waals surface area contributed by atoms with Gasteiger partial charge in [-0.05, 0) is 44.0 Å². The quantitative estimate of drug-likeness (QED) is 0.362. The number of para-hydroxylation sites is 1. The minimum absolute atomic E-state index is 0.0487. The lowest BCUT2D eigenvalue weighted by Gasteiger charge is -2.12.